The monoisotopic (exact) mass is 242 g/mol. The van der Waals surface area contributed by atoms with Crippen molar-refractivity contribution >= 4 is 11.8 Å². The maximum atomic E-state index is 6.04. The van der Waals surface area contributed by atoms with E-state index in [2.05, 4.69) is 24.0 Å². The number of thioether (sulfide) groups is 1. The van der Waals surface area contributed by atoms with Gasteiger partial charge in [0.25, 0.3) is 0 Å². The summed E-state index contributed by atoms with van der Waals surface area (Å²) in [5.74, 6) is 1.28. The number of hydrogen-bond acceptors (Lipinski definition) is 3. The summed E-state index contributed by atoms with van der Waals surface area (Å²) in [6, 6.07) is 0.729. The molecule has 3 heteroatoms. The van der Waals surface area contributed by atoms with Gasteiger partial charge >= 0.3 is 0 Å². The molecule has 2 fully saturated rings. The van der Waals surface area contributed by atoms with Gasteiger partial charge in [0.1, 0.15) is 0 Å². The van der Waals surface area contributed by atoms with Crippen molar-refractivity contribution in [3.8, 4) is 0 Å². The van der Waals surface area contributed by atoms with E-state index in [4.69, 9.17) is 5.73 Å². The Kier molecular flexibility index (Phi) is 4.57. The Hall–Kier alpha value is 0.270. The normalized spacial score (nSPS) is 37.5. The molecule has 16 heavy (non-hydrogen) atoms. The molecule has 1 heterocycles. The molecule has 0 aromatic rings. The Morgan fingerprint density at radius 2 is 1.94 bits per heavy atom. The van der Waals surface area contributed by atoms with E-state index in [9.17, 15) is 0 Å². The minimum Gasteiger partial charge on any atom is -0.329 e. The molecule has 0 radical (unpaired) electrons. The largest absolute Gasteiger partial charge is 0.329 e. The predicted molar refractivity (Wildman–Crippen MR) is 72.9 cm³/mol. The van der Waals surface area contributed by atoms with Crippen LogP contribution in [0.4, 0.5) is 0 Å². The lowest BCUT2D eigenvalue weighted by atomic mass is 9.90. The van der Waals surface area contributed by atoms with E-state index in [0.29, 0.717) is 5.25 Å². The molecule has 3 N–H and O–H groups in total. The molecule has 1 aliphatic heterocycles. The standard InChI is InChI=1S/C13H26N2S/c1-11-13(10-14,8-9-16-11)15-12-6-4-2-3-5-7-12/h11-12,15H,2-10,14H2,1H3. The average Bonchev–Trinajstić information content (AvgIpc) is 2.52. The van der Waals surface area contributed by atoms with Gasteiger partial charge in [0.05, 0.1) is 0 Å². The van der Waals surface area contributed by atoms with E-state index >= 15 is 0 Å². The maximum absolute atomic E-state index is 6.04. The fourth-order valence-corrected chi connectivity index (χ4v) is 4.56. The Morgan fingerprint density at radius 1 is 1.25 bits per heavy atom. The highest BCUT2D eigenvalue weighted by molar-refractivity contribution is 8.00. The quantitative estimate of drug-likeness (QED) is 0.747. The Morgan fingerprint density at radius 3 is 2.44 bits per heavy atom. The van der Waals surface area contributed by atoms with E-state index in [0.717, 1.165) is 12.6 Å². The smallest absolute Gasteiger partial charge is 0.0431 e. The van der Waals surface area contributed by atoms with E-state index in [1.807, 2.05) is 0 Å². The van der Waals surface area contributed by atoms with Gasteiger partial charge in [0.2, 0.25) is 0 Å². The molecule has 0 aromatic heterocycles. The highest BCUT2D eigenvalue weighted by Crippen LogP contribution is 2.36. The zero-order valence-electron chi connectivity index (χ0n) is 10.5. The molecule has 1 aliphatic carbocycles. The summed E-state index contributed by atoms with van der Waals surface area (Å²) in [4.78, 5) is 0. The number of nitrogens with one attached hydrogen (secondary N) is 1. The second-order valence-electron chi connectivity index (χ2n) is 5.46. The highest BCUT2D eigenvalue weighted by Gasteiger charge is 2.40. The van der Waals surface area contributed by atoms with E-state index in [1.165, 1.54) is 50.7 Å². The van der Waals surface area contributed by atoms with Crippen LogP contribution in [0.5, 0.6) is 0 Å². The van der Waals surface area contributed by atoms with E-state index in [1.54, 1.807) is 0 Å². The number of rotatable bonds is 3. The molecular formula is C13H26N2S. The van der Waals surface area contributed by atoms with Crippen LogP contribution in [0.25, 0.3) is 0 Å². The second kappa shape index (κ2) is 5.74. The van der Waals surface area contributed by atoms with Crippen molar-refractivity contribution in [1.82, 2.24) is 5.32 Å². The predicted octanol–water partition coefficient (Wildman–Crippen LogP) is 2.52. The van der Waals surface area contributed by atoms with Crippen molar-refractivity contribution in [1.29, 1.82) is 0 Å². The molecule has 1 saturated heterocycles. The van der Waals surface area contributed by atoms with Crippen LogP contribution < -0.4 is 11.1 Å². The summed E-state index contributed by atoms with van der Waals surface area (Å²) >= 11 is 2.08. The first-order valence-corrected chi connectivity index (χ1v) is 7.91. The minimum absolute atomic E-state index is 0.236. The van der Waals surface area contributed by atoms with Gasteiger partial charge in [-0.05, 0) is 25.0 Å². The van der Waals surface area contributed by atoms with Crippen LogP contribution in [0.2, 0.25) is 0 Å². The topological polar surface area (TPSA) is 38.0 Å². The molecule has 2 atom stereocenters. The second-order valence-corrected chi connectivity index (χ2v) is 6.90. The van der Waals surface area contributed by atoms with Gasteiger partial charge in [-0.3, -0.25) is 0 Å². The first-order valence-electron chi connectivity index (χ1n) is 6.86. The van der Waals surface area contributed by atoms with Crippen LogP contribution in [0.15, 0.2) is 0 Å². The van der Waals surface area contributed by atoms with Gasteiger partial charge in [0, 0.05) is 23.4 Å². The van der Waals surface area contributed by atoms with Crippen LogP contribution in [-0.4, -0.2) is 29.1 Å². The molecule has 2 nitrogen and oxygen atoms in total. The molecule has 0 aromatic carbocycles. The Bertz CT molecular complexity index is 214. The highest BCUT2D eigenvalue weighted by atomic mass is 32.2. The van der Waals surface area contributed by atoms with Crippen molar-refractivity contribution in [2.24, 2.45) is 5.73 Å². The van der Waals surface area contributed by atoms with Gasteiger partial charge in [-0.25, -0.2) is 0 Å². The third-order valence-electron chi connectivity index (χ3n) is 4.41. The van der Waals surface area contributed by atoms with Gasteiger partial charge in [-0.15, -0.1) is 0 Å². The van der Waals surface area contributed by atoms with Crippen LogP contribution in [-0.2, 0) is 0 Å². The van der Waals surface area contributed by atoms with Crippen LogP contribution in [0.1, 0.15) is 51.9 Å². The molecule has 2 unspecified atom stereocenters. The Balaban J connectivity index is 1.94. The maximum Gasteiger partial charge on any atom is 0.0431 e. The zero-order chi connectivity index (χ0) is 11.4. The number of nitrogens with two attached hydrogens (primary N) is 1. The van der Waals surface area contributed by atoms with E-state index < -0.39 is 0 Å². The molecule has 0 bridgehead atoms. The molecule has 2 rings (SSSR count). The lowest BCUT2D eigenvalue weighted by Crippen LogP contribution is -2.58. The summed E-state index contributed by atoms with van der Waals surface area (Å²) in [5.41, 5.74) is 6.28. The van der Waals surface area contributed by atoms with Crippen molar-refractivity contribution in [2.75, 3.05) is 12.3 Å². The third-order valence-corrected chi connectivity index (χ3v) is 5.80. The fourth-order valence-electron chi connectivity index (χ4n) is 3.13. The van der Waals surface area contributed by atoms with Gasteiger partial charge in [-0.2, -0.15) is 11.8 Å². The minimum atomic E-state index is 0.236. The number of hydrogen-bond donors (Lipinski definition) is 2. The first-order chi connectivity index (χ1) is 7.77. The Labute approximate surface area is 104 Å². The summed E-state index contributed by atoms with van der Waals surface area (Å²) in [5, 5.41) is 4.61. The SMILES string of the molecule is CC1SCCC1(CN)NC1CCCCCC1. The van der Waals surface area contributed by atoms with Crippen molar-refractivity contribution in [2.45, 2.75) is 68.7 Å². The summed E-state index contributed by atoms with van der Waals surface area (Å²) in [6.45, 7) is 3.14. The molecule has 2 aliphatic rings. The van der Waals surface area contributed by atoms with Crippen molar-refractivity contribution < 1.29 is 0 Å². The fraction of sp³-hybridized carbons (Fsp3) is 1.00. The van der Waals surface area contributed by atoms with Crippen LogP contribution in [0.3, 0.4) is 0 Å². The van der Waals surface area contributed by atoms with Crippen LogP contribution >= 0.6 is 11.8 Å². The van der Waals surface area contributed by atoms with Gasteiger partial charge in [0.15, 0.2) is 0 Å². The average molecular weight is 242 g/mol. The lowest BCUT2D eigenvalue weighted by Gasteiger charge is -2.37. The first kappa shape index (κ1) is 12.7. The molecule has 0 amide bonds. The van der Waals surface area contributed by atoms with E-state index in [-0.39, 0.29) is 5.54 Å². The van der Waals surface area contributed by atoms with Gasteiger partial charge < -0.3 is 11.1 Å². The molecular weight excluding hydrogens is 216 g/mol. The summed E-state index contributed by atoms with van der Waals surface area (Å²) in [6.07, 6.45) is 9.64. The summed E-state index contributed by atoms with van der Waals surface area (Å²) < 4.78 is 0. The van der Waals surface area contributed by atoms with Crippen LogP contribution in [0, 0.1) is 0 Å². The molecule has 94 valence electrons. The van der Waals surface area contributed by atoms with Crippen molar-refractivity contribution in [3.05, 3.63) is 0 Å². The van der Waals surface area contributed by atoms with Crippen molar-refractivity contribution in [3.63, 3.8) is 0 Å². The van der Waals surface area contributed by atoms with Gasteiger partial charge in [-0.1, -0.05) is 32.6 Å². The molecule has 0 spiro atoms. The molecule has 1 saturated carbocycles. The lowest BCUT2D eigenvalue weighted by molar-refractivity contribution is 0.276. The third kappa shape index (κ3) is 2.74. The summed E-state index contributed by atoms with van der Waals surface area (Å²) in [7, 11) is 0. The zero-order valence-corrected chi connectivity index (χ0v) is 11.3.